The molecule has 0 unspecified atom stereocenters. The first-order chi connectivity index (χ1) is 6.21. The van der Waals surface area contributed by atoms with Gasteiger partial charge in [-0.1, -0.05) is 12.8 Å². The summed E-state index contributed by atoms with van der Waals surface area (Å²) in [6.45, 7) is 1.99. The van der Waals surface area contributed by atoms with E-state index in [1.807, 2.05) is 19.3 Å². The van der Waals surface area contributed by atoms with Crippen LogP contribution in [-0.4, -0.2) is 9.97 Å². The van der Waals surface area contributed by atoms with Crippen LogP contribution in [-0.2, 0) is 5.54 Å². The number of nitrogens with zero attached hydrogens (tertiary/aromatic N) is 2. The van der Waals surface area contributed by atoms with Crippen LogP contribution in [0.4, 0.5) is 0 Å². The van der Waals surface area contributed by atoms with Crippen LogP contribution in [0.1, 0.15) is 37.1 Å². The zero-order valence-corrected chi connectivity index (χ0v) is 7.95. The number of aromatic nitrogens is 2. The van der Waals surface area contributed by atoms with E-state index < -0.39 is 0 Å². The third kappa shape index (κ3) is 1.56. The van der Waals surface area contributed by atoms with Crippen molar-refractivity contribution >= 4 is 0 Å². The fraction of sp³-hybridized carbons (Fsp3) is 0.600. The first-order valence-corrected chi connectivity index (χ1v) is 4.79. The zero-order chi connectivity index (χ0) is 9.31. The molecule has 0 bridgehead atoms. The van der Waals surface area contributed by atoms with Crippen molar-refractivity contribution in [1.29, 1.82) is 0 Å². The standard InChI is InChI=1S/C10H15N3/c1-8-6-12-9(13-7-8)10(11)4-2-3-5-10/h6-7H,2-5,11H2,1H3. The fourth-order valence-corrected chi connectivity index (χ4v) is 1.88. The third-order valence-electron chi connectivity index (χ3n) is 2.72. The molecule has 0 aliphatic heterocycles. The molecule has 1 aromatic rings. The van der Waals surface area contributed by atoms with Crippen molar-refractivity contribution in [2.45, 2.75) is 38.1 Å². The molecule has 2 N–H and O–H groups in total. The van der Waals surface area contributed by atoms with E-state index in [-0.39, 0.29) is 5.54 Å². The molecule has 0 saturated heterocycles. The van der Waals surface area contributed by atoms with Crippen molar-refractivity contribution in [3.8, 4) is 0 Å². The van der Waals surface area contributed by atoms with Crippen molar-refractivity contribution in [3.63, 3.8) is 0 Å². The highest BCUT2D eigenvalue weighted by Gasteiger charge is 2.33. The Balaban J connectivity index is 2.29. The molecule has 1 aliphatic rings. The second kappa shape index (κ2) is 3.07. The molecule has 1 fully saturated rings. The number of aryl methyl sites for hydroxylation is 1. The first kappa shape index (κ1) is 8.63. The molecule has 3 nitrogen and oxygen atoms in total. The van der Waals surface area contributed by atoms with Crippen LogP contribution in [0.3, 0.4) is 0 Å². The summed E-state index contributed by atoms with van der Waals surface area (Å²) in [5, 5.41) is 0. The lowest BCUT2D eigenvalue weighted by Gasteiger charge is -2.21. The summed E-state index contributed by atoms with van der Waals surface area (Å²) in [4.78, 5) is 8.59. The smallest absolute Gasteiger partial charge is 0.148 e. The van der Waals surface area contributed by atoms with Gasteiger partial charge in [-0.05, 0) is 25.3 Å². The molecular formula is C10H15N3. The van der Waals surface area contributed by atoms with Crippen LogP contribution in [0.25, 0.3) is 0 Å². The molecule has 0 spiro atoms. The fourth-order valence-electron chi connectivity index (χ4n) is 1.88. The lowest BCUT2D eigenvalue weighted by atomic mass is 9.98. The molecule has 1 aromatic heterocycles. The highest BCUT2D eigenvalue weighted by molar-refractivity contribution is 5.10. The summed E-state index contributed by atoms with van der Waals surface area (Å²) in [5.41, 5.74) is 7.05. The van der Waals surface area contributed by atoms with E-state index in [0.717, 1.165) is 24.2 Å². The number of hydrogen-bond acceptors (Lipinski definition) is 3. The van der Waals surface area contributed by atoms with E-state index in [1.165, 1.54) is 12.8 Å². The van der Waals surface area contributed by atoms with Gasteiger partial charge in [-0.2, -0.15) is 0 Å². The highest BCUT2D eigenvalue weighted by atomic mass is 15.0. The van der Waals surface area contributed by atoms with Gasteiger partial charge < -0.3 is 5.73 Å². The molecular weight excluding hydrogens is 162 g/mol. The van der Waals surface area contributed by atoms with Gasteiger partial charge in [0.05, 0.1) is 5.54 Å². The molecule has 1 aliphatic carbocycles. The maximum Gasteiger partial charge on any atom is 0.148 e. The second-order valence-electron chi connectivity index (χ2n) is 3.95. The van der Waals surface area contributed by atoms with Crippen LogP contribution in [0.2, 0.25) is 0 Å². The van der Waals surface area contributed by atoms with Gasteiger partial charge in [-0.3, -0.25) is 0 Å². The Morgan fingerprint density at radius 2 is 1.77 bits per heavy atom. The minimum Gasteiger partial charge on any atom is -0.319 e. The van der Waals surface area contributed by atoms with Crippen LogP contribution >= 0.6 is 0 Å². The van der Waals surface area contributed by atoms with Crippen LogP contribution in [0.5, 0.6) is 0 Å². The van der Waals surface area contributed by atoms with E-state index in [4.69, 9.17) is 5.73 Å². The summed E-state index contributed by atoms with van der Waals surface area (Å²) in [6, 6.07) is 0. The van der Waals surface area contributed by atoms with Crippen molar-refractivity contribution in [2.24, 2.45) is 5.73 Å². The molecule has 0 atom stereocenters. The van der Waals surface area contributed by atoms with E-state index in [1.54, 1.807) is 0 Å². The molecule has 1 heterocycles. The molecule has 70 valence electrons. The van der Waals surface area contributed by atoms with Gasteiger partial charge in [0.25, 0.3) is 0 Å². The predicted octanol–water partition coefficient (Wildman–Crippen LogP) is 1.51. The molecule has 1 saturated carbocycles. The van der Waals surface area contributed by atoms with Crippen molar-refractivity contribution in [3.05, 3.63) is 23.8 Å². The highest BCUT2D eigenvalue weighted by Crippen LogP contribution is 2.33. The lowest BCUT2D eigenvalue weighted by Crippen LogP contribution is -2.35. The molecule has 0 aromatic carbocycles. The Morgan fingerprint density at radius 1 is 1.23 bits per heavy atom. The second-order valence-corrected chi connectivity index (χ2v) is 3.95. The zero-order valence-electron chi connectivity index (χ0n) is 7.95. The Bertz CT molecular complexity index is 286. The molecule has 3 heteroatoms. The Kier molecular flexibility index (Phi) is 2.04. The summed E-state index contributed by atoms with van der Waals surface area (Å²) in [7, 11) is 0. The average molecular weight is 177 g/mol. The summed E-state index contributed by atoms with van der Waals surface area (Å²) >= 11 is 0. The number of nitrogens with two attached hydrogens (primary N) is 1. The van der Waals surface area contributed by atoms with E-state index >= 15 is 0 Å². The topological polar surface area (TPSA) is 51.8 Å². The predicted molar refractivity (Wildman–Crippen MR) is 51.1 cm³/mol. The minimum absolute atomic E-state index is 0.242. The maximum absolute atomic E-state index is 6.21. The van der Waals surface area contributed by atoms with Gasteiger partial charge in [-0.25, -0.2) is 9.97 Å². The van der Waals surface area contributed by atoms with E-state index in [9.17, 15) is 0 Å². The van der Waals surface area contributed by atoms with Gasteiger partial charge in [0.2, 0.25) is 0 Å². The maximum atomic E-state index is 6.21. The summed E-state index contributed by atoms with van der Waals surface area (Å²) in [5.74, 6) is 0.815. The SMILES string of the molecule is Cc1cnc(C2(N)CCCC2)nc1. The molecule has 0 radical (unpaired) electrons. The Morgan fingerprint density at radius 3 is 2.31 bits per heavy atom. The lowest BCUT2D eigenvalue weighted by molar-refractivity contribution is 0.431. The molecule has 2 rings (SSSR count). The van der Waals surface area contributed by atoms with E-state index in [0.29, 0.717) is 0 Å². The van der Waals surface area contributed by atoms with Crippen molar-refractivity contribution in [2.75, 3.05) is 0 Å². The third-order valence-corrected chi connectivity index (χ3v) is 2.72. The normalized spacial score (nSPS) is 20.5. The van der Waals surface area contributed by atoms with Crippen LogP contribution in [0.15, 0.2) is 12.4 Å². The quantitative estimate of drug-likeness (QED) is 0.707. The summed E-state index contributed by atoms with van der Waals surface area (Å²) in [6.07, 6.45) is 8.14. The molecule has 13 heavy (non-hydrogen) atoms. The number of rotatable bonds is 1. The van der Waals surface area contributed by atoms with Crippen LogP contribution in [0, 0.1) is 6.92 Å². The first-order valence-electron chi connectivity index (χ1n) is 4.79. The van der Waals surface area contributed by atoms with Gasteiger partial charge in [-0.15, -0.1) is 0 Å². The van der Waals surface area contributed by atoms with Gasteiger partial charge in [0.1, 0.15) is 5.82 Å². The van der Waals surface area contributed by atoms with Gasteiger partial charge in [0, 0.05) is 12.4 Å². The minimum atomic E-state index is -0.242. The van der Waals surface area contributed by atoms with Gasteiger partial charge >= 0.3 is 0 Å². The molecule has 0 amide bonds. The van der Waals surface area contributed by atoms with Crippen molar-refractivity contribution < 1.29 is 0 Å². The Labute approximate surface area is 78.4 Å². The summed E-state index contributed by atoms with van der Waals surface area (Å²) < 4.78 is 0. The monoisotopic (exact) mass is 177 g/mol. The largest absolute Gasteiger partial charge is 0.319 e. The Hall–Kier alpha value is -0.960. The van der Waals surface area contributed by atoms with Crippen molar-refractivity contribution in [1.82, 2.24) is 9.97 Å². The van der Waals surface area contributed by atoms with Crippen LogP contribution < -0.4 is 5.73 Å². The average Bonchev–Trinajstić information content (AvgIpc) is 2.54. The number of hydrogen-bond donors (Lipinski definition) is 1. The van der Waals surface area contributed by atoms with Gasteiger partial charge in [0.15, 0.2) is 0 Å². The van der Waals surface area contributed by atoms with E-state index in [2.05, 4.69) is 9.97 Å².